The zero-order valence-corrected chi connectivity index (χ0v) is 3.53. The SMILES string of the molecule is O=C1CCCN1.[NaH]. The van der Waals surface area contributed by atoms with Crippen molar-refractivity contribution in [2.45, 2.75) is 12.8 Å². The van der Waals surface area contributed by atoms with Crippen molar-refractivity contribution in [3.8, 4) is 0 Å². The molecule has 3 heteroatoms. The summed E-state index contributed by atoms with van der Waals surface area (Å²) in [4.78, 5) is 10.1. The van der Waals surface area contributed by atoms with Gasteiger partial charge in [-0.25, -0.2) is 0 Å². The van der Waals surface area contributed by atoms with Crippen LogP contribution in [0.4, 0.5) is 0 Å². The number of carbonyl (C=O) groups excluding carboxylic acids is 1. The van der Waals surface area contributed by atoms with Gasteiger partial charge in [-0.1, -0.05) is 0 Å². The summed E-state index contributed by atoms with van der Waals surface area (Å²) in [5.41, 5.74) is 0. The van der Waals surface area contributed by atoms with Gasteiger partial charge in [-0.2, -0.15) is 0 Å². The average molecular weight is 109 g/mol. The molecule has 0 aromatic carbocycles. The molecule has 7 heavy (non-hydrogen) atoms. The van der Waals surface area contributed by atoms with Crippen molar-refractivity contribution in [1.82, 2.24) is 5.32 Å². The van der Waals surface area contributed by atoms with Crippen LogP contribution in [0, 0.1) is 0 Å². The molecular weight excluding hydrogens is 101 g/mol. The van der Waals surface area contributed by atoms with Gasteiger partial charge < -0.3 is 5.32 Å². The summed E-state index contributed by atoms with van der Waals surface area (Å²) >= 11 is 0. The average Bonchev–Trinajstić information content (AvgIpc) is 1.86. The Kier molecular flexibility index (Phi) is 3.70. The van der Waals surface area contributed by atoms with Crippen LogP contribution >= 0.6 is 0 Å². The van der Waals surface area contributed by atoms with Crippen LogP contribution in [0.5, 0.6) is 0 Å². The van der Waals surface area contributed by atoms with E-state index in [1.165, 1.54) is 0 Å². The molecule has 0 aromatic rings. The van der Waals surface area contributed by atoms with Crippen LogP contribution in [-0.4, -0.2) is 42.0 Å². The molecule has 1 amide bonds. The Labute approximate surface area is 65.0 Å². The Morgan fingerprint density at radius 2 is 2.29 bits per heavy atom. The summed E-state index contributed by atoms with van der Waals surface area (Å²) in [6, 6.07) is 0. The van der Waals surface area contributed by atoms with Gasteiger partial charge in [0.25, 0.3) is 0 Å². The van der Waals surface area contributed by atoms with Crippen molar-refractivity contribution in [2.24, 2.45) is 0 Å². The van der Waals surface area contributed by atoms with Crippen molar-refractivity contribution in [3.63, 3.8) is 0 Å². The van der Waals surface area contributed by atoms with Crippen LogP contribution in [0.1, 0.15) is 12.8 Å². The molecule has 1 rings (SSSR count). The van der Waals surface area contributed by atoms with Crippen molar-refractivity contribution in [2.75, 3.05) is 6.54 Å². The number of carbonyl (C=O) groups is 1. The third-order valence-electron chi connectivity index (χ3n) is 0.903. The van der Waals surface area contributed by atoms with Crippen molar-refractivity contribution in [1.29, 1.82) is 0 Å². The number of amides is 1. The van der Waals surface area contributed by atoms with E-state index in [2.05, 4.69) is 5.32 Å². The predicted octanol–water partition coefficient (Wildman–Crippen LogP) is -0.752. The van der Waals surface area contributed by atoms with E-state index >= 15 is 0 Å². The summed E-state index contributed by atoms with van der Waals surface area (Å²) in [7, 11) is 0. The molecule has 1 heterocycles. The first-order chi connectivity index (χ1) is 2.89. The molecule has 1 saturated heterocycles. The number of hydrogen-bond donors (Lipinski definition) is 1. The second-order valence-electron chi connectivity index (χ2n) is 1.45. The monoisotopic (exact) mass is 109 g/mol. The normalized spacial score (nSPS) is 18.0. The molecule has 2 nitrogen and oxygen atoms in total. The summed E-state index contributed by atoms with van der Waals surface area (Å²) in [5, 5.41) is 2.68. The van der Waals surface area contributed by atoms with Crippen molar-refractivity contribution < 1.29 is 4.79 Å². The van der Waals surface area contributed by atoms with E-state index in [1.54, 1.807) is 0 Å². The van der Waals surface area contributed by atoms with E-state index in [0.717, 1.165) is 19.4 Å². The fourth-order valence-electron chi connectivity index (χ4n) is 0.565. The van der Waals surface area contributed by atoms with E-state index in [1.807, 2.05) is 0 Å². The van der Waals surface area contributed by atoms with E-state index in [-0.39, 0.29) is 35.5 Å². The molecule has 1 aliphatic heterocycles. The van der Waals surface area contributed by atoms with Crippen LogP contribution < -0.4 is 5.32 Å². The maximum atomic E-state index is 10.1. The first-order valence-electron chi connectivity index (χ1n) is 2.16. The molecule has 0 unspecified atom stereocenters. The van der Waals surface area contributed by atoms with Gasteiger partial charge in [0.2, 0.25) is 5.91 Å². The standard InChI is InChI=1S/C4H7NO.Na.H/c6-4-2-1-3-5-4;;/h1-3H2,(H,5,6);;. The second-order valence-corrected chi connectivity index (χ2v) is 1.45. The fraction of sp³-hybridized carbons (Fsp3) is 0.750. The van der Waals surface area contributed by atoms with Gasteiger partial charge in [0.1, 0.15) is 0 Å². The number of rotatable bonds is 0. The molecule has 1 fully saturated rings. The molecule has 1 aliphatic rings. The van der Waals surface area contributed by atoms with Crippen LogP contribution in [0.15, 0.2) is 0 Å². The summed E-state index contributed by atoms with van der Waals surface area (Å²) in [5.74, 6) is 0.204. The quantitative estimate of drug-likeness (QED) is 0.407. The van der Waals surface area contributed by atoms with Crippen molar-refractivity contribution in [3.05, 3.63) is 0 Å². The van der Waals surface area contributed by atoms with Crippen LogP contribution in [0.2, 0.25) is 0 Å². The van der Waals surface area contributed by atoms with Gasteiger partial charge in [-0.15, -0.1) is 0 Å². The number of hydrogen-bond acceptors (Lipinski definition) is 1. The van der Waals surface area contributed by atoms with Gasteiger partial charge >= 0.3 is 29.6 Å². The number of nitrogens with one attached hydrogen (secondary N) is 1. The molecular formula is C4H8NNaO. The van der Waals surface area contributed by atoms with E-state index in [4.69, 9.17) is 0 Å². The summed E-state index contributed by atoms with van der Waals surface area (Å²) in [6.07, 6.45) is 1.76. The second kappa shape index (κ2) is 3.47. The first kappa shape index (κ1) is 7.47. The predicted molar refractivity (Wildman–Crippen MR) is 29.4 cm³/mol. The minimum absolute atomic E-state index is 0. The molecule has 36 valence electrons. The van der Waals surface area contributed by atoms with Crippen molar-refractivity contribution >= 4 is 35.5 Å². The third kappa shape index (κ3) is 2.32. The zero-order valence-electron chi connectivity index (χ0n) is 3.53. The molecule has 0 saturated carbocycles. The van der Waals surface area contributed by atoms with Gasteiger partial charge in [-0.3, -0.25) is 4.79 Å². The summed E-state index contributed by atoms with van der Waals surface area (Å²) < 4.78 is 0. The Hall–Kier alpha value is 0.470. The molecule has 0 radical (unpaired) electrons. The van der Waals surface area contributed by atoms with Crippen LogP contribution in [-0.2, 0) is 4.79 Å². The minimum atomic E-state index is 0. The van der Waals surface area contributed by atoms with Gasteiger partial charge in [0.05, 0.1) is 0 Å². The molecule has 0 aliphatic carbocycles. The Balaban J connectivity index is 0.000000360. The Bertz CT molecular complexity index is 66.1. The van der Waals surface area contributed by atoms with Crippen LogP contribution in [0.25, 0.3) is 0 Å². The first-order valence-corrected chi connectivity index (χ1v) is 2.16. The van der Waals surface area contributed by atoms with Gasteiger partial charge in [-0.05, 0) is 6.42 Å². The fourth-order valence-corrected chi connectivity index (χ4v) is 0.565. The maximum absolute atomic E-state index is 10.1. The van der Waals surface area contributed by atoms with Gasteiger partial charge in [0.15, 0.2) is 0 Å². The van der Waals surface area contributed by atoms with Gasteiger partial charge in [0, 0.05) is 13.0 Å². The molecule has 0 bridgehead atoms. The Morgan fingerprint density at radius 1 is 1.57 bits per heavy atom. The Morgan fingerprint density at radius 3 is 2.43 bits per heavy atom. The van der Waals surface area contributed by atoms with E-state index < -0.39 is 0 Å². The third-order valence-corrected chi connectivity index (χ3v) is 0.903. The molecule has 0 spiro atoms. The molecule has 1 N–H and O–H groups in total. The van der Waals surface area contributed by atoms with Crippen LogP contribution in [0.3, 0.4) is 0 Å². The zero-order chi connectivity index (χ0) is 4.41. The summed E-state index contributed by atoms with van der Waals surface area (Å²) in [6.45, 7) is 0.888. The topological polar surface area (TPSA) is 29.1 Å². The van der Waals surface area contributed by atoms with E-state index in [0.29, 0.717) is 0 Å². The molecule has 0 atom stereocenters. The van der Waals surface area contributed by atoms with E-state index in [9.17, 15) is 4.79 Å². The molecule has 0 aromatic heterocycles.